The Bertz CT molecular complexity index is 763. The highest BCUT2D eigenvalue weighted by atomic mass is 32.1. The van der Waals surface area contributed by atoms with Crippen LogP contribution in [0, 0.1) is 0 Å². The molecule has 0 saturated carbocycles. The van der Waals surface area contributed by atoms with Crippen LogP contribution in [0.2, 0.25) is 0 Å². The van der Waals surface area contributed by atoms with E-state index in [1.54, 1.807) is 11.3 Å². The number of aromatic nitrogens is 1. The first kappa shape index (κ1) is 14.0. The maximum Gasteiger partial charge on any atom is 0.144 e. The third-order valence-corrected chi connectivity index (χ3v) is 5.40. The fraction of sp³-hybridized carbons (Fsp3) is 0.389. The van der Waals surface area contributed by atoms with Gasteiger partial charge in [0.25, 0.3) is 0 Å². The minimum absolute atomic E-state index is 0.718. The number of para-hydroxylation sites is 1. The molecule has 1 aliphatic rings. The average molecular weight is 312 g/mol. The summed E-state index contributed by atoms with van der Waals surface area (Å²) in [4.78, 5) is 6.98. The van der Waals surface area contributed by atoms with E-state index < -0.39 is 0 Å². The molecule has 0 spiro atoms. The van der Waals surface area contributed by atoms with Gasteiger partial charge in [-0.3, -0.25) is 0 Å². The van der Waals surface area contributed by atoms with Crippen molar-refractivity contribution >= 4 is 22.3 Å². The van der Waals surface area contributed by atoms with Crippen LogP contribution in [0.15, 0.2) is 40.3 Å². The number of furan rings is 1. The number of rotatable bonds is 4. The molecule has 114 valence electrons. The largest absolute Gasteiger partial charge is 0.460 e. The summed E-state index contributed by atoms with van der Waals surface area (Å²) in [5.74, 6) is 1.08. The summed E-state index contributed by atoms with van der Waals surface area (Å²) in [5.41, 5.74) is 2.08. The van der Waals surface area contributed by atoms with Gasteiger partial charge in [-0.25, -0.2) is 4.98 Å². The summed E-state index contributed by atoms with van der Waals surface area (Å²) in [6.45, 7) is 4.64. The van der Waals surface area contributed by atoms with E-state index in [1.165, 1.54) is 24.8 Å². The van der Waals surface area contributed by atoms with Crippen LogP contribution >= 0.6 is 11.3 Å². The zero-order chi connectivity index (χ0) is 14.9. The predicted molar refractivity (Wildman–Crippen MR) is 91.3 cm³/mol. The van der Waals surface area contributed by atoms with Crippen molar-refractivity contribution < 1.29 is 4.42 Å². The third-order valence-electron chi connectivity index (χ3n) is 4.59. The van der Waals surface area contributed by atoms with Crippen LogP contribution in [0.4, 0.5) is 0 Å². The maximum atomic E-state index is 6.16. The molecule has 0 aliphatic carbocycles. The van der Waals surface area contributed by atoms with Crippen molar-refractivity contribution in [2.24, 2.45) is 0 Å². The van der Waals surface area contributed by atoms with Crippen molar-refractivity contribution in [2.75, 3.05) is 13.1 Å². The second-order valence-corrected chi connectivity index (χ2v) is 6.95. The van der Waals surface area contributed by atoms with Crippen molar-refractivity contribution in [3.05, 3.63) is 41.6 Å². The molecule has 22 heavy (non-hydrogen) atoms. The number of hydrogen-bond acceptors (Lipinski definition) is 4. The summed E-state index contributed by atoms with van der Waals surface area (Å²) < 4.78 is 6.16. The van der Waals surface area contributed by atoms with Crippen molar-refractivity contribution in [3.8, 4) is 10.6 Å². The van der Waals surface area contributed by atoms with E-state index in [0.29, 0.717) is 0 Å². The number of benzene rings is 1. The SMILES string of the molecule is CC1CCCN1CCc1cc2cccc(-c3nccs3)c2o1. The number of hydrogen-bond donors (Lipinski definition) is 0. The van der Waals surface area contributed by atoms with Crippen LogP contribution < -0.4 is 0 Å². The number of fused-ring (bicyclic) bond motifs is 1. The van der Waals surface area contributed by atoms with Gasteiger partial charge in [-0.05, 0) is 38.4 Å². The lowest BCUT2D eigenvalue weighted by Gasteiger charge is -2.19. The number of thiazole rings is 1. The lowest BCUT2D eigenvalue weighted by Crippen LogP contribution is -2.28. The Hall–Kier alpha value is -1.65. The van der Waals surface area contributed by atoms with Gasteiger partial charge in [0.1, 0.15) is 16.4 Å². The number of nitrogens with zero attached hydrogens (tertiary/aromatic N) is 2. The lowest BCUT2D eigenvalue weighted by atomic mass is 10.1. The number of likely N-dealkylation sites (tertiary alicyclic amines) is 1. The fourth-order valence-corrected chi connectivity index (χ4v) is 4.00. The van der Waals surface area contributed by atoms with Crippen molar-refractivity contribution in [3.63, 3.8) is 0 Å². The maximum absolute atomic E-state index is 6.16. The second kappa shape index (κ2) is 5.86. The summed E-state index contributed by atoms with van der Waals surface area (Å²) in [6, 6.07) is 9.21. The van der Waals surface area contributed by atoms with Crippen LogP contribution in [0.3, 0.4) is 0 Å². The van der Waals surface area contributed by atoms with Gasteiger partial charge in [0.05, 0.1) is 5.56 Å². The van der Waals surface area contributed by atoms with Crippen molar-refractivity contribution in [1.29, 1.82) is 0 Å². The van der Waals surface area contributed by atoms with Gasteiger partial charge in [-0.1, -0.05) is 12.1 Å². The standard InChI is InChI=1S/C18H20N2OS/c1-13-4-3-9-20(13)10-7-15-12-14-5-2-6-16(17(14)21-15)18-19-8-11-22-18/h2,5-6,8,11-13H,3-4,7,9-10H2,1H3. The van der Waals surface area contributed by atoms with Gasteiger partial charge in [0.2, 0.25) is 0 Å². The van der Waals surface area contributed by atoms with Crippen LogP contribution in [0.5, 0.6) is 0 Å². The molecule has 1 aliphatic heterocycles. The van der Waals surface area contributed by atoms with Gasteiger partial charge in [-0.15, -0.1) is 11.3 Å². The van der Waals surface area contributed by atoms with Gasteiger partial charge < -0.3 is 9.32 Å². The Morgan fingerprint density at radius 2 is 2.36 bits per heavy atom. The first-order valence-electron chi connectivity index (χ1n) is 7.96. The first-order chi connectivity index (χ1) is 10.8. The topological polar surface area (TPSA) is 29.3 Å². The summed E-state index contributed by atoms with van der Waals surface area (Å²) in [6.07, 6.45) is 5.48. The Morgan fingerprint density at radius 1 is 1.41 bits per heavy atom. The predicted octanol–water partition coefficient (Wildman–Crippen LogP) is 4.58. The molecular weight excluding hydrogens is 292 g/mol. The molecule has 1 unspecified atom stereocenters. The molecule has 3 heterocycles. The van der Waals surface area contributed by atoms with Crippen LogP contribution in [0.25, 0.3) is 21.5 Å². The molecule has 0 N–H and O–H groups in total. The molecule has 0 amide bonds. The molecule has 3 nitrogen and oxygen atoms in total. The molecule has 1 saturated heterocycles. The summed E-state index contributed by atoms with van der Waals surface area (Å²) in [5, 5.41) is 4.21. The van der Waals surface area contributed by atoms with Crippen LogP contribution in [-0.4, -0.2) is 29.0 Å². The molecule has 0 bridgehead atoms. The highest BCUT2D eigenvalue weighted by Crippen LogP contribution is 2.32. The Morgan fingerprint density at radius 3 is 3.14 bits per heavy atom. The molecule has 4 heteroatoms. The van der Waals surface area contributed by atoms with E-state index in [9.17, 15) is 0 Å². The first-order valence-corrected chi connectivity index (χ1v) is 8.84. The average Bonchev–Trinajstić information content (AvgIpc) is 3.25. The van der Waals surface area contributed by atoms with E-state index in [-0.39, 0.29) is 0 Å². The summed E-state index contributed by atoms with van der Waals surface area (Å²) in [7, 11) is 0. The quantitative estimate of drug-likeness (QED) is 0.706. The Kier molecular flexibility index (Phi) is 3.72. The monoisotopic (exact) mass is 312 g/mol. The second-order valence-electron chi connectivity index (χ2n) is 6.05. The summed E-state index contributed by atoms with van der Waals surface area (Å²) >= 11 is 1.65. The van der Waals surface area contributed by atoms with Gasteiger partial charge >= 0.3 is 0 Å². The minimum Gasteiger partial charge on any atom is -0.460 e. The molecule has 4 rings (SSSR count). The normalized spacial score (nSPS) is 19.2. The molecule has 1 aromatic carbocycles. The smallest absolute Gasteiger partial charge is 0.144 e. The Labute approximate surface area is 134 Å². The van der Waals surface area contributed by atoms with E-state index >= 15 is 0 Å². The third kappa shape index (κ3) is 2.57. The van der Waals surface area contributed by atoms with E-state index in [1.807, 2.05) is 11.6 Å². The van der Waals surface area contributed by atoms with E-state index in [2.05, 4.69) is 41.1 Å². The molecule has 1 atom stereocenters. The van der Waals surface area contributed by atoms with Crippen LogP contribution in [-0.2, 0) is 6.42 Å². The zero-order valence-electron chi connectivity index (χ0n) is 12.8. The van der Waals surface area contributed by atoms with Crippen molar-refractivity contribution in [1.82, 2.24) is 9.88 Å². The van der Waals surface area contributed by atoms with E-state index in [0.717, 1.165) is 40.9 Å². The zero-order valence-corrected chi connectivity index (χ0v) is 13.6. The highest BCUT2D eigenvalue weighted by Gasteiger charge is 2.20. The minimum atomic E-state index is 0.718. The molecule has 2 aromatic heterocycles. The van der Waals surface area contributed by atoms with Crippen LogP contribution in [0.1, 0.15) is 25.5 Å². The Balaban J connectivity index is 1.59. The highest BCUT2D eigenvalue weighted by molar-refractivity contribution is 7.13. The fourth-order valence-electron chi connectivity index (χ4n) is 3.34. The van der Waals surface area contributed by atoms with E-state index in [4.69, 9.17) is 4.42 Å². The van der Waals surface area contributed by atoms with Gasteiger partial charge in [0, 0.05) is 36.0 Å². The molecule has 1 fully saturated rings. The van der Waals surface area contributed by atoms with Crippen molar-refractivity contribution in [2.45, 2.75) is 32.2 Å². The lowest BCUT2D eigenvalue weighted by molar-refractivity contribution is 0.266. The van der Waals surface area contributed by atoms with Gasteiger partial charge in [-0.2, -0.15) is 0 Å². The van der Waals surface area contributed by atoms with Gasteiger partial charge in [0.15, 0.2) is 0 Å². The molecule has 3 aromatic rings. The molecule has 0 radical (unpaired) electrons. The molecular formula is C18H20N2OS.